The van der Waals surface area contributed by atoms with E-state index < -0.39 is 0 Å². The van der Waals surface area contributed by atoms with Crippen LogP contribution in [0.15, 0.2) is 59.3 Å². The molecule has 2 aromatic carbocycles. The molecule has 0 radical (unpaired) electrons. The fourth-order valence-electron chi connectivity index (χ4n) is 3.00. The fourth-order valence-corrected chi connectivity index (χ4v) is 3.70. The molecule has 2 N–H and O–H groups in total. The molecule has 0 saturated heterocycles. The van der Waals surface area contributed by atoms with Crippen LogP contribution in [0, 0.1) is 0 Å². The molecule has 4 aromatic rings. The minimum Gasteiger partial charge on any atom is -0.493 e. The number of fused-ring (bicyclic) bond motifs is 1. The van der Waals surface area contributed by atoms with Crippen molar-refractivity contribution < 1.29 is 9.53 Å². The van der Waals surface area contributed by atoms with Gasteiger partial charge in [0.2, 0.25) is 0 Å². The zero-order chi connectivity index (χ0) is 20.2. The molecule has 0 spiro atoms. The predicted octanol–water partition coefficient (Wildman–Crippen LogP) is 4.56. The van der Waals surface area contributed by atoms with Gasteiger partial charge in [0.05, 0.1) is 12.1 Å². The molecule has 2 aromatic heterocycles. The zero-order valence-electron chi connectivity index (χ0n) is 16.3. The molecule has 29 heavy (non-hydrogen) atoms. The van der Waals surface area contributed by atoms with Crippen molar-refractivity contribution >= 4 is 39.7 Å². The number of hydrogen-bond acceptors (Lipinski definition) is 5. The van der Waals surface area contributed by atoms with E-state index in [1.165, 1.54) is 5.56 Å². The number of aromatic amines is 1. The molecule has 4 rings (SSSR count). The Bertz CT molecular complexity index is 1100. The molecule has 0 aliphatic carbocycles. The van der Waals surface area contributed by atoms with Crippen molar-refractivity contribution in [2.24, 2.45) is 0 Å². The minimum atomic E-state index is -0.195. The molecule has 1 amide bonds. The van der Waals surface area contributed by atoms with Crippen LogP contribution in [-0.4, -0.2) is 36.8 Å². The topological polar surface area (TPSA) is 70.2 Å². The number of thiophene rings is 1. The van der Waals surface area contributed by atoms with Crippen molar-refractivity contribution in [2.75, 3.05) is 30.9 Å². The number of rotatable bonds is 7. The molecule has 0 atom stereocenters. The monoisotopic (exact) mass is 406 g/mol. The molecule has 0 unspecified atom stereocenters. The largest absolute Gasteiger partial charge is 0.493 e. The first-order valence-electron chi connectivity index (χ1n) is 9.31. The SMILES string of the molecule is CN(C)c1ccc(C(=O)Nc2n[nH]c3cc(OCCc4ccsc4)ccc23)cc1. The zero-order valence-corrected chi connectivity index (χ0v) is 17.1. The maximum atomic E-state index is 12.6. The van der Waals surface area contributed by atoms with Gasteiger partial charge in [0, 0.05) is 43.2 Å². The number of hydrogen-bond donors (Lipinski definition) is 2. The molecule has 0 bridgehead atoms. The highest BCUT2D eigenvalue weighted by Gasteiger charge is 2.12. The number of H-pyrrole nitrogens is 1. The number of carbonyl (C=O) groups excluding carboxylic acids is 1. The van der Waals surface area contributed by atoms with E-state index >= 15 is 0 Å². The smallest absolute Gasteiger partial charge is 0.256 e. The number of aromatic nitrogens is 2. The van der Waals surface area contributed by atoms with E-state index in [-0.39, 0.29) is 5.91 Å². The van der Waals surface area contributed by atoms with Gasteiger partial charge in [0.1, 0.15) is 5.75 Å². The minimum absolute atomic E-state index is 0.195. The van der Waals surface area contributed by atoms with Crippen molar-refractivity contribution in [3.63, 3.8) is 0 Å². The summed E-state index contributed by atoms with van der Waals surface area (Å²) in [6.07, 6.45) is 0.873. The summed E-state index contributed by atoms with van der Waals surface area (Å²) in [5, 5.41) is 15.1. The van der Waals surface area contributed by atoms with Crippen LogP contribution in [0.3, 0.4) is 0 Å². The molecular weight excluding hydrogens is 384 g/mol. The van der Waals surface area contributed by atoms with Crippen molar-refractivity contribution in [1.82, 2.24) is 10.2 Å². The van der Waals surface area contributed by atoms with E-state index in [0.29, 0.717) is 18.0 Å². The number of nitrogens with zero attached hydrogens (tertiary/aromatic N) is 2. The lowest BCUT2D eigenvalue weighted by molar-refractivity contribution is 0.102. The average Bonchev–Trinajstić information content (AvgIpc) is 3.38. The number of carbonyl (C=O) groups is 1. The first-order valence-corrected chi connectivity index (χ1v) is 10.3. The second-order valence-corrected chi connectivity index (χ2v) is 7.69. The fraction of sp³-hybridized carbons (Fsp3) is 0.182. The molecule has 0 aliphatic heterocycles. The van der Waals surface area contributed by atoms with Crippen LogP contribution in [0.25, 0.3) is 10.9 Å². The second-order valence-electron chi connectivity index (χ2n) is 6.91. The molecule has 0 saturated carbocycles. The maximum absolute atomic E-state index is 12.6. The van der Waals surface area contributed by atoms with E-state index in [1.807, 2.05) is 49.3 Å². The van der Waals surface area contributed by atoms with Gasteiger partial charge < -0.3 is 15.0 Å². The Hall–Kier alpha value is -3.32. The molecule has 0 fully saturated rings. The number of nitrogens with one attached hydrogen (secondary N) is 2. The standard InChI is InChI=1S/C22H22N4O2S/c1-26(2)17-5-3-16(4-6-17)22(27)23-21-19-8-7-18(13-20(19)24-25-21)28-11-9-15-10-12-29-14-15/h3-8,10,12-14H,9,11H2,1-2H3,(H2,23,24,25,27). The Labute approximate surface area is 173 Å². The summed E-state index contributed by atoms with van der Waals surface area (Å²) >= 11 is 1.69. The van der Waals surface area contributed by atoms with Crippen molar-refractivity contribution in [3.05, 3.63) is 70.4 Å². The summed E-state index contributed by atoms with van der Waals surface area (Å²) in [7, 11) is 3.93. The quantitative estimate of drug-likeness (QED) is 0.472. The van der Waals surface area contributed by atoms with Crippen LogP contribution in [0.2, 0.25) is 0 Å². The van der Waals surface area contributed by atoms with Gasteiger partial charge in [-0.3, -0.25) is 9.89 Å². The lowest BCUT2D eigenvalue weighted by atomic mass is 10.2. The number of anilines is 2. The van der Waals surface area contributed by atoms with Crippen LogP contribution in [0.5, 0.6) is 5.75 Å². The van der Waals surface area contributed by atoms with Gasteiger partial charge in [-0.25, -0.2) is 0 Å². The van der Waals surface area contributed by atoms with E-state index in [9.17, 15) is 4.79 Å². The van der Waals surface area contributed by atoms with Crippen LogP contribution < -0.4 is 15.0 Å². The summed E-state index contributed by atoms with van der Waals surface area (Å²) in [6.45, 7) is 0.614. The first kappa shape index (κ1) is 19.0. The molecular formula is C22H22N4O2S. The lowest BCUT2D eigenvalue weighted by Crippen LogP contribution is -2.13. The van der Waals surface area contributed by atoms with Crippen molar-refractivity contribution in [3.8, 4) is 5.75 Å². The van der Waals surface area contributed by atoms with Gasteiger partial charge in [0.15, 0.2) is 5.82 Å². The summed E-state index contributed by atoms with van der Waals surface area (Å²) in [5.74, 6) is 1.08. The van der Waals surface area contributed by atoms with Crippen molar-refractivity contribution in [1.29, 1.82) is 0 Å². The highest BCUT2D eigenvalue weighted by atomic mass is 32.1. The van der Waals surface area contributed by atoms with Crippen LogP contribution in [0.1, 0.15) is 15.9 Å². The van der Waals surface area contributed by atoms with Gasteiger partial charge in [-0.1, -0.05) is 0 Å². The number of ether oxygens (including phenoxy) is 1. The van der Waals surface area contributed by atoms with Gasteiger partial charge in [-0.15, -0.1) is 0 Å². The summed E-state index contributed by atoms with van der Waals surface area (Å²) in [4.78, 5) is 14.5. The summed E-state index contributed by atoms with van der Waals surface area (Å²) in [6, 6.07) is 15.2. The van der Waals surface area contributed by atoms with E-state index in [0.717, 1.165) is 28.8 Å². The molecule has 148 valence electrons. The van der Waals surface area contributed by atoms with Crippen LogP contribution >= 0.6 is 11.3 Å². The summed E-state index contributed by atoms with van der Waals surface area (Å²) < 4.78 is 5.84. The van der Waals surface area contributed by atoms with E-state index in [1.54, 1.807) is 23.5 Å². The lowest BCUT2D eigenvalue weighted by Gasteiger charge is -2.12. The third-order valence-electron chi connectivity index (χ3n) is 4.65. The van der Waals surface area contributed by atoms with Crippen LogP contribution in [-0.2, 0) is 6.42 Å². The van der Waals surface area contributed by atoms with Gasteiger partial charge in [-0.05, 0) is 58.8 Å². The summed E-state index contributed by atoms with van der Waals surface area (Å²) in [5.41, 5.74) is 3.72. The molecule has 6 nitrogen and oxygen atoms in total. The van der Waals surface area contributed by atoms with Gasteiger partial charge >= 0.3 is 0 Å². The Balaban J connectivity index is 1.42. The highest BCUT2D eigenvalue weighted by molar-refractivity contribution is 7.07. The van der Waals surface area contributed by atoms with E-state index in [2.05, 4.69) is 32.3 Å². The third-order valence-corrected chi connectivity index (χ3v) is 5.38. The predicted molar refractivity (Wildman–Crippen MR) is 118 cm³/mol. The van der Waals surface area contributed by atoms with E-state index in [4.69, 9.17) is 4.74 Å². The second kappa shape index (κ2) is 8.36. The number of amides is 1. The first-order chi connectivity index (χ1) is 14.1. The highest BCUT2D eigenvalue weighted by Crippen LogP contribution is 2.25. The Kier molecular flexibility index (Phi) is 5.48. The average molecular weight is 407 g/mol. The van der Waals surface area contributed by atoms with Gasteiger partial charge in [-0.2, -0.15) is 16.4 Å². The Morgan fingerprint density at radius 1 is 1.17 bits per heavy atom. The third kappa shape index (κ3) is 4.41. The molecule has 2 heterocycles. The molecule has 0 aliphatic rings. The Morgan fingerprint density at radius 2 is 2.00 bits per heavy atom. The number of benzene rings is 2. The normalized spacial score (nSPS) is 10.8. The van der Waals surface area contributed by atoms with Crippen LogP contribution in [0.4, 0.5) is 11.5 Å². The Morgan fingerprint density at radius 3 is 2.72 bits per heavy atom. The molecule has 7 heteroatoms. The van der Waals surface area contributed by atoms with Crippen molar-refractivity contribution in [2.45, 2.75) is 6.42 Å². The maximum Gasteiger partial charge on any atom is 0.256 e. The van der Waals surface area contributed by atoms with Gasteiger partial charge in [0.25, 0.3) is 5.91 Å².